The summed E-state index contributed by atoms with van der Waals surface area (Å²) in [6.45, 7) is -1.74. The molecule has 1 heterocycles. The molecule has 13 heavy (non-hydrogen) atoms. The monoisotopic (exact) mass is 197 g/mol. The van der Waals surface area contributed by atoms with Crippen LogP contribution in [0.4, 0.5) is 13.2 Å². The van der Waals surface area contributed by atoms with E-state index in [1.165, 1.54) is 0 Å². The van der Waals surface area contributed by atoms with Crippen LogP contribution in [0.15, 0.2) is 4.79 Å². The van der Waals surface area contributed by atoms with E-state index in [2.05, 4.69) is 14.8 Å². The van der Waals surface area contributed by atoms with Crippen molar-refractivity contribution in [1.29, 1.82) is 0 Å². The number of halogens is 3. The van der Waals surface area contributed by atoms with E-state index in [4.69, 9.17) is 0 Å². The molecule has 0 aliphatic carbocycles. The van der Waals surface area contributed by atoms with Crippen molar-refractivity contribution in [2.24, 2.45) is 0 Å². The van der Waals surface area contributed by atoms with Gasteiger partial charge >= 0.3 is 11.9 Å². The summed E-state index contributed by atoms with van der Waals surface area (Å²) in [6, 6.07) is 0. The van der Waals surface area contributed by atoms with Crippen molar-refractivity contribution in [2.45, 2.75) is 12.8 Å². The topological polar surface area (TPSA) is 70.8 Å². The number of alkyl halides is 3. The van der Waals surface area contributed by atoms with Crippen LogP contribution in [0.2, 0.25) is 0 Å². The van der Waals surface area contributed by atoms with Crippen LogP contribution in [-0.2, 0) is 11.3 Å². The number of aromatic amines is 2. The maximum absolute atomic E-state index is 11.5. The van der Waals surface area contributed by atoms with E-state index in [1.54, 1.807) is 0 Å². The number of H-pyrrole nitrogens is 2. The van der Waals surface area contributed by atoms with Crippen LogP contribution < -0.4 is 5.69 Å². The van der Waals surface area contributed by atoms with E-state index in [9.17, 15) is 18.0 Å². The molecule has 2 N–H and O–H groups in total. The first-order chi connectivity index (χ1) is 5.97. The summed E-state index contributed by atoms with van der Waals surface area (Å²) in [5.74, 6) is 0.0363. The number of hydrogen-bond donors (Lipinski definition) is 2. The van der Waals surface area contributed by atoms with Gasteiger partial charge in [-0.05, 0) is 0 Å². The number of rotatable bonds is 3. The van der Waals surface area contributed by atoms with Gasteiger partial charge in [0.15, 0.2) is 5.82 Å². The fourth-order valence-corrected chi connectivity index (χ4v) is 0.637. The Morgan fingerprint density at radius 3 is 2.62 bits per heavy atom. The molecule has 1 aromatic heterocycles. The minimum absolute atomic E-state index is 0.0363. The largest absolute Gasteiger partial charge is 0.411 e. The quantitative estimate of drug-likeness (QED) is 0.725. The highest BCUT2D eigenvalue weighted by Gasteiger charge is 2.27. The average molecular weight is 197 g/mol. The minimum Gasteiger partial charge on any atom is -0.364 e. The van der Waals surface area contributed by atoms with Gasteiger partial charge in [-0.25, -0.2) is 9.89 Å². The lowest BCUT2D eigenvalue weighted by atomic mass is 10.6. The van der Waals surface area contributed by atoms with Crippen LogP contribution in [0.3, 0.4) is 0 Å². The van der Waals surface area contributed by atoms with Gasteiger partial charge in [-0.1, -0.05) is 0 Å². The van der Waals surface area contributed by atoms with E-state index >= 15 is 0 Å². The normalized spacial score (nSPS) is 11.9. The molecule has 0 saturated carbocycles. The lowest BCUT2D eigenvalue weighted by molar-refractivity contribution is -0.177. The Morgan fingerprint density at radius 1 is 1.46 bits per heavy atom. The first-order valence-corrected chi connectivity index (χ1v) is 3.25. The van der Waals surface area contributed by atoms with Crippen molar-refractivity contribution in [2.75, 3.05) is 6.61 Å². The molecule has 1 aromatic rings. The van der Waals surface area contributed by atoms with Crippen LogP contribution in [0.25, 0.3) is 0 Å². The van der Waals surface area contributed by atoms with E-state index in [1.807, 2.05) is 5.10 Å². The number of hydrogen-bond acceptors (Lipinski definition) is 3. The third kappa shape index (κ3) is 3.74. The molecule has 0 saturated heterocycles. The van der Waals surface area contributed by atoms with Crippen LogP contribution in [0, 0.1) is 0 Å². The first-order valence-electron chi connectivity index (χ1n) is 3.25. The predicted octanol–water partition coefficient (Wildman–Crippen LogP) is 0.177. The SMILES string of the molecule is O=c1[nH]nc(COCC(F)(F)F)[nH]1. The highest BCUT2D eigenvalue weighted by atomic mass is 19.4. The molecule has 74 valence electrons. The average Bonchev–Trinajstić information content (AvgIpc) is 2.33. The second-order valence-corrected chi connectivity index (χ2v) is 2.23. The molecular weight excluding hydrogens is 191 g/mol. The van der Waals surface area contributed by atoms with E-state index < -0.39 is 18.5 Å². The van der Waals surface area contributed by atoms with Gasteiger partial charge in [-0.15, -0.1) is 0 Å². The molecule has 0 aliphatic heterocycles. The first kappa shape index (κ1) is 9.78. The zero-order valence-corrected chi connectivity index (χ0v) is 6.31. The smallest absolute Gasteiger partial charge is 0.364 e. The Kier molecular flexibility index (Phi) is 2.71. The fourth-order valence-electron chi connectivity index (χ4n) is 0.637. The number of nitrogens with zero attached hydrogens (tertiary/aromatic N) is 1. The van der Waals surface area contributed by atoms with Crippen molar-refractivity contribution >= 4 is 0 Å². The molecule has 0 atom stereocenters. The fraction of sp³-hybridized carbons (Fsp3) is 0.600. The zero-order chi connectivity index (χ0) is 9.90. The van der Waals surface area contributed by atoms with Crippen molar-refractivity contribution in [3.05, 3.63) is 16.3 Å². The number of ether oxygens (including phenoxy) is 1. The van der Waals surface area contributed by atoms with Crippen molar-refractivity contribution in [3.63, 3.8) is 0 Å². The molecular formula is C5H6F3N3O2. The minimum atomic E-state index is -4.36. The van der Waals surface area contributed by atoms with E-state index in [-0.39, 0.29) is 12.4 Å². The lowest BCUT2D eigenvalue weighted by Gasteiger charge is -2.04. The van der Waals surface area contributed by atoms with E-state index in [0.717, 1.165) is 0 Å². The molecule has 0 bridgehead atoms. The van der Waals surface area contributed by atoms with Gasteiger partial charge in [0.25, 0.3) is 0 Å². The second kappa shape index (κ2) is 3.60. The molecule has 0 fully saturated rings. The Morgan fingerprint density at radius 2 is 2.15 bits per heavy atom. The van der Waals surface area contributed by atoms with Gasteiger partial charge in [-0.3, -0.25) is 4.98 Å². The highest BCUT2D eigenvalue weighted by molar-refractivity contribution is 4.76. The summed E-state index contributed by atoms with van der Waals surface area (Å²) in [6.07, 6.45) is -4.36. The molecule has 0 amide bonds. The van der Waals surface area contributed by atoms with Gasteiger partial charge in [-0.2, -0.15) is 18.3 Å². The zero-order valence-electron chi connectivity index (χ0n) is 6.31. The molecule has 0 aromatic carbocycles. The molecule has 0 spiro atoms. The van der Waals surface area contributed by atoms with Gasteiger partial charge < -0.3 is 4.74 Å². The highest BCUT2D eigenvalue weighted by Crippen LogP contribution is 2.14. The van der Waals surface area contributed by atoms with Crippen LogP contribution in [0.5, 0.6) is 0 Å². The maximum Gasteiger partial charge on any atom is 0.411 e. The van der Waals surface area contributed by atoms with Crippen molar-refractivity contribution in [1.82, 2.24) is 15.2 Å². The Bertz CT molecular complexity index is 315. The van der Waals surface area contributed by atoms with Gasteiger partial charge in [0.05, 0.1) is 0 Å². The molecule has 0 unspecified atom stereocenters. The lowest BCUT2D eigenvalue weighted by Crippen LogP contribution is -2.17. The third-order valence-corrected chi connectivity index (χ3v) is 1.05. The summed E-state index contributed by atoms with van der Waals surface area (Å²) in [4.78, 5) is 12.5. The summed E-state index contributed by atoms with van der Waals surface area (Å²) in [7, 11) is 0. The molecule has 8 heteroatoms. The summed E-state index contributed by atoms with van der Waals surface area (Å²) in [5.41, 5.74) is -0.578. The standard InChI is InChI=1S/C5H6F3N3O2/c6-5(7,8)2-13-1-3-9-4(12)11-10-3/h1-2H2,(H2,9,10,11,12). The summed E-state index contributed by atoms with van der Waals surface area (Å²) in [5, 5.41) is 5.34. The van der Waals surface area contributed by atoms with Gasteiger partial charge in [0.1, 0.15) is 13.2 Å². The van der Waals surface area contributed by atoms with Crippen LogP contribution in [-0.4, -0.2) is 28.0 Å². The van der Waals surface area contributed by atoms with Gasteiger partial charge in [0.2, 0.25) is 0 Å². The number of aromatic nitrogens is 3. The van der Waals surface area contributed by atoms with E-state index in [0.29, 0.717) is 0 Å². The van der Waals surface area contributed by atoms with Gasteiger partial charge in [0, 0.05) is 0 Å². The van der Waals surface area contributed by atoms with Crippen molar-refractivity contribution in [3.8, 4) is 0 Å². The summed E-state index contributed by atoms with van der Waals surface area (Å²) >= 11 is 0. The predicted molar refractivity (Wildman–Crippen MR) is 34.9 cm³/mol. The third-order valence-electron chi connectivity index (χ3n) is 1.05. The molecule has 0 aliphatic rings. The Hall–Kier alpha value is -1.31. The summed E-state index contributed by atoms with van der Waals surface area (Å²) < 4.78 is 38.8. The Labute approximate surface area is 69.9 Å². The molecule has 1 rings (SSSR count). The maximum atomic E-state index is 11.5. The van der Waals surface area contributed by atoms with Crippen LogP contribution in [0.1, 0.15) is 5.82 Å². The molecule has 5 nitrogen and oxygen atoms in total. The Balaban J connectivity index is 2.32. The number of nitrogens with one attached hydrogen (secondary N) is 2. The second-order valence-electron chi connectivity index (χ2n) is 2.23. The van der Waals surface area contributed by atoms with Crippen LogP contribution >= 0.6 is 0 Å². The molecule has 0 radical (unpaired) electrons. The van der Waals surface area contributed by atoms with Crippen molar-refractivity contribution < 1.29 is 17.9 Å².